The average molecular weight is 313 g/mol. The van der Waals surface area contributed by atoms with Crippen LogP contribution in [0.3, 0.4) is 0 Å². The van der Waals surface area contributed by atoms with Crippen LogP contribution in [0.5, 0.6) is 5.75 Å². The first-order chi connectivity index (χ1) is 9.96. The molecule has 0 aromatic heterocycles. The number of ether oxygens (including phenoxy) is 2. The number of nitrogens with zero attached hydrogens (tertiary/aromatic N) is 1. The third-order valence-corrected chi connectivity index (χ3v) is 5.55. The van der Waals surface area contributed by atoms with Crippen molar-refractivity contribution in [3.05, 3.63) is 24.3 Å². The van der Waals surface area contributed by atoms with Crippen LogP contribution in [-0.2, 0) is 19.4 Å². The van der Waals surface area contributed by atoms with E-state index in [1.54, 1.807) is 12.1 Å². The maximum Gasteiger partial charge on any atom is 0.241 e. The molecule has 1 aromatic carbocycles. The van der Waals surface area contributed by atoms with E-state index in [1.807, 2.05) is 0 Å². The van der Waals surface area contributed by atoms with E-state index in [0.717, 1.165) is 0 Å². The molecule has 0 aliphatic carbocycles. The number of carbonyl (C=O) groups excluding carboxylic acids is 1. The van der Waals surface area contributed by atoms with Gasteiger partial charge in [0.05, 0.1) is 25.2 Å². The fourth-order valence-electron chi connectivity index (χ4n) is 2.16. The van der Waals surface area contributed by atoms with Gasteiger partial charge in [0.1, 0.15) is 11.0 Å². The molecule has 116 valence electrons. The zero-order chi connectivity index (χ0) is 15.5. The van der Waals surface area contributed by atoms with Crippen molar-refractivity contribution in [1.29, 1.82) is 0 Å². The van der Waals surface area contributed by atoms with Gasteiger partial charge in [-0.3, -0.25) is 4.79 Å². The summed E-state index contributed by atoms with van der Waals surface area (Å²) in [5, 5.41) is -1.12. The van der Waals surface area contributed by atoms with E-state index in [2.05, 4.69) is 0 Å². The number of rotatable bonds is 4. The number of hydrogen-bond acceptors (Lipinski definition) is 5. The first kappa shape index (κ1) is 15.8. The van der Waals surface area contributed by atoms with Crippen molar-refractivity contribution in [3.63, 3.8) is 0 Å². The molecular weight excluding hydrogens is 294 g/mol. The number of carbonyl (C=O) groups is 1. The van der Waals surface area contributed by atoms with Crippen LogP contribution < -0.4 is 4.74 Å². The van der Waals surface area contributed by atoms with Gasteiger partial charge in [-0.15, -0.1) is 0 Å². The predicted molar refractivity (Wildman–Crippen MR) is 77.0 cm³/mol. The van der Waals surface area contributed by atoms with E-state index in [4.69, 9.17) is 9.47 Å². The summed E-state index contributed by atoms with van der Waals surface area (Å²) in [4.78, 5) is 14.0. The molecule has 0 spiro atoms. The summed E-state index contributed by atoms with van der Waals surface area (Å²) in [6, 6.07) is 6.16. The van der Waals surface area contributed by atoms with Crippen molar-refractivity contribution in [1.82, 2.24) is 4.90 Å². The van der Waals surface area contributed by atoms with Gasteiger partial charge >= 0.3 is 0 Å². The summed E-state index contributed by atoms with van der Waals surface area (Å²) in [5.41, 5.74) is 0. The highest BCUT2D eigenvalue weighted by Gasteiger charge is 2.33. The second-order valence-corrected chi connectivity index (χ2v) is 7.07. The minimum Gasteiger partial charge on any atom is -0.497 e. The lowest BCUT2D eigenvalue weighted by Crippen LogP contribution is -2.47. The Hall–Kier alpha value is -1.60. The smallest absolute Gasteiger partial charge is 0.241 e. The second-order valence-electron chi connectivity index (χ2n) is 4.80. The minimum atomic E-state index is -3.73. The minimum absolute atomic E-state index is 0.0935. The third-order valence-electron chi connectivity index (χ3n) is 3.51. The normalized spacial score (nSPS) is 17.3. The number of sulfone groups is 1. The monoisotopic (exact) mass is 313 g/mol. The topological polar surface area (TPSA) is 72.9 Å². The van der Waals surface area contributed by atoms with E-state index in [1.165, 1.54) is 31.1 Å². The highest BCUT2D eigenvalue weighted by Crippen LogP contribution is 2.22. The van der Waals surface area contributed by atoms with Gasteiger partial charge in [-0.05, 0) is 25.1 Å². The number of morpholine rings is 1. The molecule has 1 aliphatic rings. The number of methoxy groups -OCH3 is 1. The molecule has 1 aliphatic heterocycles. The molecule has 6 nitrogen and oxygen atoms in total. The van der Waals surface area contributed by atoms with Crippen molar-refractivity contribution in [2.45, 2.75) is 17.1 Å². The fraction of sp³-hybridized carbons (Fsp3) is 0.500. The zero-order valence-electron chi connectivity index (χ0n) is 12.1. The molecule has 0 N–H and O–H groups in total. The number of benzene rings is 1. The van der Waals surface area contributed by atoms with Crippen molar-refractivity contribution in [2.24, 2.45) is 0 Å². The van der Waals surface area contributed by atoms with E-state index in [-0.39, 0.29) is 10.8 Å². The van der Waals surface area contributed by atoms with Gasteiger partial charge in [0.25, 0.3) is 0 Å². The maximum atomic E-state index is 12.6. The summed E-state index contributed by atoms with van der Waals surface area (Å²) in [5.74, 6) is 0.0585. The number of hydrogen-bond donors (Lipinski definition) is 0. The molecule has 1 heterocycles. The van der Waals surface area contributed by atoms with Crippen LogP contribution in [-0.4, -0.2) is 57.9 Å². The molecule has 1 atom stereocenters. The molecule has 0 unspecified atom stereocenters. The lowest BCUT2D eigenvalue weighted by molar-refractivity contribution is -0.134. The third kappa shape index (κ3) is 3.36. The van der Waals surface area contributed by atoms with Gasteiger partial charge in [-0.1, -0.05) is 6.07 Å². The summed E-state index contributed by atoms with van der Waals surface area (Å²) in [7, 11) is -2.27. The fourth-order valence-corrected chi connectivity index (χ4v) is 3.53. The SMILES string of the molecule is COc1cccc(S(=O)(=O)[C@@H](C)C(=O)N2CCOCC2)c1. The lowest BCUT2D eigenvalue weighted by Gasteiger charge is -2.29. The van der Waals surface area contributed by atoms with E-state index in [0.29, 0.717) is 32.1 Å². The van der Waals surface area contributed by atoms with Crippen LogP contribution in [0.4, 0.5) is 0 Å². The molecule has 1 amide bonds. The summed E-state index contributed by atoms with van der Waals surface area (Å²) < 4.78 is 35.3. The van der Waals surface area contributed by atoms with Gasteiger partial charge in [0.15, 0.2) is 9.84 Å². The summed E-state index contributed by atoms with van der Waals surface area (Å²) in [6.45, 7) is 3.16. The molecule has 2 rings (SSSR count). The van der Waals surface area contributed by atoms with Crippen LogP contribution in [0.1, 0.15) is 6.92 Å². The van der Waals surface area contributed by atoms with Crippen molar-refractivity contribution >= 4 is 15.7 Å². The Morgan fingerprint density at radius 1 is 1.33 bits per heavy atom. The Kier molecular flexibility index (Phi) is 4.84. The molecule has 21 heavy (non-hydrogen) atoms. The Morgan fingerprint density at radius 3 is 2.62 bits per heavy atom. The van der Waals surface area contributed by atoms with Crippen molar-refractivity contribution in [2.75, 3.05) is 33.4 Å². The highest BCUT2D eigenvalue weighted by molar-refractivity contribution is 7.92. The zero-order valence-corrected chi connectivity index (χ0v) is 12.9. The molecule has 1 fully saturated rings. The van der Waals surface area contributed by atoms with Crippen molar-refractivity contribution in [3.8, 4) is 5.75 Å². The molecule has 0 saturated carbocycles. The van der Waals surface area contributed by atoms with E-state index >= 15 is 0 Å². The highest BCUT2D eigenvalue weighted by atomic mass is 32.2. The van der Waals surface area contributed by atoms with Crippen LogP contribution in [0, 0.1) is 0 Å². The van der Waals surface area contributed by atoms with Gasteiger partial charge in [-0.25, -0.2) is 8.42 Å². The average Bonchev–Trinajstić information content (AvgIpc) is 2.54. The van der Waals surface area contributed by atoms with Crippen molar-refractivity contribution < 1.29 is 22.7 Å². The van der Waals surface area contributed by atoms with Gasteiger partial charge in [0, 0.05) is 13.1 Å². The molecule has 1 saturated heterocycles. The van der Waals surface area contributed by atoms with Gasteiger partial charge < -0.3 is 14.4 Å². The van der Waals surface area contributed by atoms with Crippen LogP contribution in [0.15, 0.2) is 29.2 Å². The maximum absolute atomic E-state index is 12.6. The second kappa shape index (κ2) is 6.44. The quantitative estimate of drug-likeness (QED) is 0.819. The predicted octanol–water partition coefficient (Wildman–Crippen LogP) is 0.716. The van der Waals surface area contributed by atoms with Crippen LogP contribution >= 0.6 is 0 Å². The van der Waals surface area contributed by atoms with Gasteiger partial charge in [0.2, 0.25) is 5.91 Å². The van der Waals surface area contributed by atoms with Crippen LogP contribution in [0.2, 0.25) is 0 Å². The summed E-state index contributed by atoms with van der Waals surface area (Å²) >= 11 is 0. The van der Waals surface area contributed by atoms with Crippen LogP contribution in [0.25, 0.3) is 0 Å². The molecule has 0 radical (unpaired) electrons. The molecule has 1 aromatic rings. The standard InChI is InChI=1S/C14H19NO5S/c1-11(14(16)15-6-8-20-9-7-15)21(17,18)13-5-3-4-12(10-13)19-2/h3-5,10-11H,6-9H2,1-2H3/t11-/m0/s1. The Morgan fingerprint density at radius 2 is 2.00 bits per heavy atom. The van der Waals surface area contributed by atoms with Gasteiger partial charge in [-0.2, -0.15) is 0 Å². The Bertz CT molecular complexity index is 608. The first-order valence-corrected chi connectivity index (χ1v) is 8.26. The first-order valence-electron chi connectivity index (χ1n) is 6.71. The Balaban J connectivity index is 2.23. The molecular formula is C14H19NO5S. The molecule has 0 bridgehead atoms. The van der Waals surface area contributed by atoms with E-state index < -0.39 is 15.1 Å². The number of amides is 1. The lowest BCUT2D eigenvalue weighted by atomic mass is 10.3. The Labute approximate surface area is 124 Å². The largest absolute Gasteiger partial charge is 0.497 e. The summed E-state index contributed by atoms with van der Waals surface area (Å²) in [6.07, 6.45) is 0. The molecule has 7 heteroatoms. The van der Waals surface area contributed by atoms with E-state index in [9.17, 15) is 13.2 Å².